The van der Waals surface area contributed by atoms with Crippen LogP contribution in [-0.4, -0.2) is 73.5 Å². The predicted molar refractivity (Wildman–Crippen MR) is 206 cm³/mol. The van der Waals surface area contributed by atoms with Crippen LogP contribution >= 0.6 is 0 Å². The van der Waals surface area contributed by atoms with Crippen molar-refractivity contribution in [2.24, 2.45) is 5.92 Å². The molecule has 2 aliphatic heterocycles. The van der Waals surface area contributed by atoms with Gasteiger partial charge in [-0.3, -0.25) is 9.97 Å². The van der Waals surface area contributed by atoms with Crippen molar-refractivity contribution in [3.05, 3.63) is 54.5 Å². The van der Waals surface area contributed by atoms with Crippen molar-refractivity contribution in [3.63, 3.8) is 0 Å². The molecule has 0 radical (unpaired) electrons. The number of fused-ring (bicyclic) bond motifs is 1. The summed E-state index contributed by atoms with van der Waals surface area (Å²) in [5.74, 6) is 0.138. The third-order valence-corrected chi connectivity index (χ3v) is 15.2. The molecular weight excluding hydrogens is 645 g/mol. The van der Waals surface area contributed by atoms with Crippen molar-refractivity contribution in [1.82, 2.24) is 15.3 Å². The molecule has 2 aromatic heterocycles. The first-order valence-corrected chi connectivity index (χ1v) is 20.8. The van der Waals surface area contributed by atoms with Crippen LogP contribution in [-0.2, 0) is 25.0 Å². The number of piperidine rings is 1. The second-order valence-corrected chi connectivity index (χ2v) is 22.3. The van der Waals surface area contributed by atoms with Crippen molar-refractivity contribution in [3.8, 4) is 0 Å². The summed E-state index contributed by atoms with van der Waals surface area (Å²) in [7, 11) is -2.58. The summed E-state index contributed by atoms with van der Waals surface area (Å²) < 4.78 is 25.3. The van der Waals surface area contributed by atoms with E-state index in [2.05, 4.69) is 113 Å². The van der Waals surface area contributed by atoms with Gasteiger partial charge in [0.2, 0.25) is 0 Å². The van der Waals surface area contributed by atoms with Crippen LogP contribution in [0.2, 0.25) is 18.1 Å². The second kappa shape index (κ2) is 13.7. The van der Waals surface area contributed by atoms with Gasteiger partial charge in [0.25, 0.3) is 0 Å². The molecule has 2 N–H and O–H groups in total. The summed E-state index contributed by atoms with van der Waals surface area (Å²) in [5.41, 5.74) is 3.21. The molecule has 0 spiro atoms. The fraction of sp³-hybridized carbons (Fsp3) is 0.605. The van der Waals surface area contributed by atoms with E-state index < -0.39 is 38.3 Å². The Kier molecular flexibility index (Phi) is 10.5. The van der Waals surface area contributed by atoms with Crippen molar-refractivity contribution < 1.29 is 23.3 Å². The zero-order valence-electron chi connectivity index (χ0n) is 32.4. The number of amides is 1. The first-order chi connectivity index (χ1) is 23.1. The van der Waals surface area contributed by atoms with Crippen LogP contribution in [0.3, 0.4) is 0 Å². The minimum atomic E-state index is -2.13. The minimum absolute atomic E-state index is 0.0345. The number of rotatable bonds is 8. The Morgan fingerprint density at radius 3 is 2.32 bits per heavy atom. The summed E-state index contributed by atoms with van der Waals surface area (Å²) >= 11 is 0. The predicted octanol–water partition coefficient (Wildman–Crippen LogP) is 7.28. The van der Waals surface area contributed by atoms with E-state index in [1.807, 2.05) is 45.3 Å². The minimum Gasteiger partial charge on any atom is -0.444 e. The first kappa shape index (κ1) is 38.1. The lowest BCUT2D eigenvalue weighted by Crippen LogP contribution is -2.62. The van der Waals surface area contributed by atoms with Crippen molar-refractivity contribution >= 4 is 49.3 Å². The summed E-state index contributed by atoms with van der Waals surface area (Å²) in [4.78, 5) is 24.9. The quantitative estimate of drug-likeness (QED) is 0.234. The molecule has 0 saturated carbocycles. The van der Waals surface area contributed by atoms with Crippen LogP contribution in [0.15, 0.2) is 48.8 Å². The maximum absolute atomic E-state index is 13.1. The van der Waals surface area contributed by atoms with Crippen LogP contribution < -0.4 is 21.0 Å². The summed E-state index contributed by atoms with van der Waals surface area (Å²) in [6.07, 6.45) is 3.08. The van der Waals surface area contributed by atoms with E-state index in [1.165, 1.54) is 0 Å². The van der Waals surface area contributed by atoms with E-state index >= 15 is 0 Å². The highest BCUT2D eigenvalue weighted by Gasteiger charge is 2.52. The summed E-state index contributed by atoms with van der Waals surface area (Å²) in [6.45, 7) is 29.2. The number of hydrogen-bond acceptors (Lipinski definition) is 9. The maximum atomic E-state index is 13.1. The summed E-state index contributed by atoms with van der Waals surface area (Å²) in [6, 6.07) is 12.1. The number of nitrogens with one attached hydrogen (secondary N) is 2. The third kappa shape index (κ3) is 8.46. The fourth-order valence-corrected chi connectivity index (χ4v) is 7.58. The molecule has 50 heavy (non-hydrogen) atoms. The zero-order chi connectivity index (χ0) is 36.9. The fourth-order valence-electron chi connectivity index (χ4n) is 6.15. The van der Waals surface area contributed by atoms with E-state index in [-0.39, 0.29) is 23.1 Å². The molecule has 1 amide bonds. The molecule has 10 nitrogen and oxygen atoms in total. The Balaban J connectivity index is 1.35. The van der Waals surface area contributed by atoms with E-state index in [1.54, 1.807) is 0 Å². The van der Waals surface area contributed by atoms with Crippen molar-refractivity contribution in [1.29, 1.82) is 0 Å². The number of aromatic nitrogens is 2. The molecule has 3 aromatic rings. The molecule has 0 aliphatic carbocycles. The van der Waals surface area contributed by atoms with Crippen LogP contribution in [0.25, 0.3) is 10.9 Å². The molecule has 0 unspecified atom stereocenters. The molecule has 3 atom stereocenters. The van der Waals surface area contributed by atoms with E-state index in [9.17, 15) is 4.79 Å². The largest absolute Gasteiger partial charge is 0.494 e. The van der Waals surface area contributed by atoms with Gasteiger partial charge in [0.15, 0.2) is 8.32 Å². The third-order valence-electron chi connectivity index (χ3n) is 10.7. The molecule has 272 valence electrons. The number of carbonyl (C=O) groups excluding carboxylic acids is 1. The SMILES string of the molecule is C[C@H]1CN(c2ccncc2NCc2ccc3ccc(B4OC(C)(C)C(C)(C)O4)cc3n2)C[C@@H](NC(=O)OC(C)(C)C)[C@@H]1O[Si](C)(C)C(C)(C)C. The molecule has 0 bridgehead atoms. The molecule has 1 aromatic carbocycles. The Bertz CT molecular complexity index is 1670. The van der Waals surface area contributed by atoms with Gasteiger partial charge in [-0.15, -0.1) is 0 Å². The highest BCUT2D eigenvalue weighted by atomic mass is 28.4. The van der Waals surface area contributed by atoms with Gasteiger partial charge in [-0.05, 0) is 90.3 Å². The van der Waals surface area contributed by atoms with Gasteiger partial charge in [-0.1, -0.05) is 45.9 Å². The van der Waals surface area contributed by atoms with Gasteiger partial charge < -0.3 is 34.0 Å². The lowest BCUT2D eigenvalue weighted by molar-refractivity contribution is 0.00578. The highest BCUT2D eigenvalue weighted by molar-refractivity contribution is 6.74. The number of pyridine rings is 2. The lowest BCUT2D eigenvalue weighted by atomic mass is 9.79. The van der Waals surface area contributed by atoms with Crippen LogP contribution in [0, 0.1) is 5.92 Å². The Morgan fingerprint density at radius 2 is 1.68 bits per heavy atom. The monoisotopic (exact) mass is 703 g/mol. The molecule has 5 rings (SSSR count). The van der Waals surface area contributed by atoms with Crippen LogP contribution in [0.5, 0.6) is 0 Å². The average molecular weight is 704 g/mol. The number of alkyl carbamates (subject to hydrolysis) is 1. The Labute approximate surface area is 300 Å². The van der Waals surface area contributed by atoms with Gasteiger partial charge in [0.05, 0.1) is 58.7 Å². The molecule has 2 saturated heterocycles. The Morgan fingerprint density at radius 1 is 1.02 bits per heavy atom. The highest BCUT2D eigenvalue weighted by Crippen LogP contribution is 2.40. The van der Waals surface area contributed by atoms with Gasteiger partial charge in [-0.2, -0.15) is 0 Å². The first-order valence-electron chi connectivity index (χ1n) is 17.9. The van der Waals surface area contributed by atoms with Gasteiger partial charge in [-0.25, -0.2) is 4.79 Å². The summed E-state index contributed by atoms with van der Waals surface area (Å²) in [5, 5.41) is 7.88. The van der Waals surface area contributed by atoms with Crippen LogP contribution in [0.1, 0.15) is 81.9 Å². The number of benzene rings is 1. The number of ether oxygens (including phenoxy) is 1. The van der Waals surface area contributed by atoms with E-state index in [0.29, 0.717) is 13.1 Å². The molecule has 2 fully saturated rings. The number of hydrogen-bond donors (Lipinski definition) is 2. The van der Waals surface area contributed by atoms with E-state index in [0.717, 1.165) is 40.0 Å². The Hall–Kier alpha value is -3.19. The van der Waals surface area contributed by atoms with Crippen LogP contribution in [0.4, 0.5) is 16.2 Å². The molecule has 2 aliphatic rings. The zero-order valence-corrected chi connectivity index (χ0v) is 33.4. The molecular formula is C38H58BN5O5Si. The van der Waals surface area contributed by atoms with E-state index in [4.69, 9.17) is 23.5 Å². The maximum Gasteiger partial charge on any atom is 0.494 e. The molecule has 12 heteroatoms. The molecule has 4 heterocycles. The normalized spacial score (nSPS) is 22.5. The average Bonchev–Trinajstić information content (AvgIpc) is 3.22. The van der Waals surface area contributed by atoms with Gasteiger partial charge in [0.1, 0.15) is 5.60 Å². The van der Waals surface area contributed by atoms with Gasteiger partial charge in [0, 0.05) is 30.6 Å². The van der Waals surface area contributed by atoms with Crippen molar-refractivity contribution in [2.75, 3.05) is 23.3 Å². The number of carbonyl (C=O) groups is 1. The topological polar surface area (TPSA) is 107 Å². The van der Waals surface area contributed by atoms with Gasteiger partial charge >= 0.3 is 13.2 Å². The van der Waals surface area contributed by atoms with Crippen molar-refractivity contribution in [2.45, 2.75) is 130 Å². The second-order valence-electron chi connectivity index (χ2n) is 17.6. The number of nitrogens with zero attached hydrogens (tertiary/aromatic N) is 3. The smallest absolute Gasteiger partial charge is 0.444 e. The number of anilines is 2. The standard InChI is InChI=1S/C38H58BN5O5Si/c1-25-23-44(24-31(43-34(45)46-35(2,3)4)33(25)47-50(12,13)36(5,6)7)32-18-19-40-22-30(32)41-21-28-17-15-26-14-16-27(20-29(26)42-28)39-48-37(8,9)38(10,11)49-39/h14-20,22,25,31,33,41H,21,23-24H2,1-13H3,(H,43,45)/t25-,31+,33+/m0/s1. The lowest BCUT2D eigenvalue weighted by Gasteiger charge is -2.48.